The van der Waals surface area contributed by atoms with Crippen LogP contribution in [0.1, 0.15) is 28.8 Å². The first kappa shape index (κ1) is 15.0. The third-order valence-electron chi connectivity index (χ3n) is 3.97. The maximum atomic E-state index is 10.8. The number of piperidine rings is 1. The summed E-state index contributed by atoms with van der Waals surface area (Å²) < 4.78 is 0. The van der Waals surface area contributed by atoms with Crippen LogP contribution in [0.25, 0.3) is 0 Å². The minimum atomic E-state index is -0.907. The standard InChI is InChI=1S/C15H21NO4/c17-10-14(18)12-5-7-16(8-6-12)9-11-1-3-13(4-2-11)15(19)20/h1-4,12,14,17-18H,5-10H2,(H,19,20). The summed E-state index contributed by atoms with van der Waals surface area (Å²) in [4.78, 5) is 13.1. The van der Waals surface area contributed by atoms with Crippen LogP contribution in [0.2, 0.25) is 0 Å². The monoisotopic (exact) mass is 279 g/mol. The van der Waals surface area contributed by atoms with E-state index >= 15 is 0 Å². The molecule has 0 aliphatic carbocycles. The van der Waals surface area contributed by atoms with E-state index in [4.69, 9.17) is 10.2 Å². The quantitative estimate of drug-likeness (QED) is 0.747. The van der Waals surface area contributed by atoms with E-state index in [1.807, 2.05) is 12.1 Å². The van der Waals surface area contributed by atoms with E-state index in [9.17, 15) is 9.90 Å². The van der Waals surface area contributed by atoms with Crippen LogP contribution >= 0.6 is 0 Å². The number of carboxylic acid groups (broad SMARTS) is 1. The largest absolute Gasteiger partial charge is 0.478 e. The van der Waals surface area contributed by atoms with Crippen molar-refractivity contribution in [3.05, 3.63) is 35.4 Å². The normalized spacial score (nSPS) is 18.9. The first-order valence-electron chi connectivity index (χ1n) is 6.93. The number of likely N-dealkylation sites (tertiary alicyclic amines) is 1. The third-order valence-corrected chi connectivity index (χ3v) is 3.97. The summed E-state index contributed by atoms with van der Waals surface area (Å²) in [5, 5.41) is 27.4. The van der Waals surface area contributed by atoms with Gasteiger partial charge in [0.25, 0.3) is 0 Å². The van der Waals surface area contributed by atoms with Crippen LogP contribution in [0.5, 0.6) is 0 Å². The summed E-state index contributed by atoms with van der Waals surface area (Å²) in [6, 6.07) is 6.94. The van der Waals surface area contributed by atoms with Gasteiger partial charge in [-0.15, -0.1) is 0 Å². The van der Waals surface area contributed by atoms with Gasteiger partial charge in [0, 0.05) is 6.54 Å². The van der Waals surface area contributed by atoms with E-state index in [2.05, 4.69) is 4.90 Å². The second kappa shape index (κ2) is 6.83. The van der Waals surface area contributed by atoms with Gasteiger partial charge in [0.2, 0.25) is 0 Å². The smallest absolute Gasteiger partial charge is 0.335 e. The molecule has 1 atom stereocenters. The molecular weight excluding hydrogens is 258 g/mol. The van der Waals surface area contributed by atoms with Gasteiger partial charge in [-0.25, -0.2) is 4.79 Å². The van der Waals surface area contributed by atoms with Crippen molar-refractivity contribution in [2.75, 3.05) is 19.7 Å². The molecule has 0 aromatic heterocycles. The molecule has 0 bridgehead atoms. The Hall–Kier alpha value is -1.43. The van der Waals surface area contributed by atoms with Crippen molar-refractivity contribution in [2.24, 2.45) is 5.92 Å². The molecule has 5 heteroatoms. The van der Waals surface area contributed by atoms with Crippen molar-refractivity contribution in [1.82, 2.24) is 4.90 Å². The fourth-order valence-corrected chi connectivity index (χ4v) is 2.66. The molecule has 1 aromatic carbocycles. The summed E-state index contributed by atoms with van der Waals surface area (Å²) in [5.74, 6) is -0.721. The Morgan fingerprint density at radius 1 is 1.25 bits per heavy atom. The predicted molar refractivity (Wildman–Crippen MR) is 74.5 cm³/mol. The van der Waals surface area contributed by atoms with E-state index in [0.717, 1.165) is 38.0 Å². The van der Waals surface area contributed by atoms with Crippen LogP contribution in [0.3, 0.4) is 0 Å². The number of aliphatic hydroxyl groups excluding tert-OH is 2. The molecule has 1 unspecified atom stereocenters. The van der Waals surface area contributed by atoms with Crippen LogP contribution in [0.4, 0.5) is 0 Å². The van der Waals surface area contributed by atoms with Gasteiger partial charge in [0.1, 0.15) is 0 Å². The summed E-state index contributed by atoms with van der Waals surface area (Å²) in [5.41, 5.74) is 1.40. The molecule has 1 aliphatic heterocycles. The molecule has 0 radical (unpaired) electrons. The Balaban J connectivity index is 1.84. The number of nitrogens with zero attached hydrogens (tertiary/aromatic N) is 1. The summed E-state index contributed by atoms with van der Waals surface area (Å²) in [6.07, 6.45) is 1.16. The van der Waals surface area contributed by atoms with Crippen molar-refractivity contribution < 1.29 is 20.1 Å². The highest BCUT2D eigenvalue weighted by atomic mass is 16.4. The fourth-order valence-electron chi connectivity index (χ4n) is 2.66. The van der Waals surface area contributed by atoms with E-state index < -0.39 is 12.1 Å². The average Bonchev–Trinajstić information content (AvgIpc) is 2.48. The highest BCUT2D eigenvalue weighted by molar-refractivity contribution is 5.87. The molecule has 1 aromatic rings. The number of hydrogen-bond donors (Lipinski definition) is 3. The molecule has 0 amide bonds. The highest BCUT2D eigenvalue weighted by Gasteiger charge is 2.24. The van der Waals surface area contributed by atoms with Crippen LogP contribution in [-0.2, 0) is 6.54 Å². The molecule has 1 fully saturated rings. The van der Waals surface area contributed by atoms with Gasteiger partial charge in [-0.1, -0.05) is 12.1 Å². The lowest BCUT2D eigenvalue weighted by molar-refractivity contribution is 0.0172. The van der Waals surface area contributed by atoms with Gasteiger partial charge in [-0.3, -0.25) is 4.90 Å². The Morgan fingerprint density at radius 3 is 2.35 bits per heavy atom. The molecule has 20 heavy (non-hydrogen) atoms. The van der Waals surface area contributed by atoms with Gasteiger partial charge in [-0.2, -0.15) is 0 Å². The lowest BCUT2D eigenvalue weighted by Crippen LogP contribution is -2.38. The topological polar surface area (TPSA) is 81.0 Å². The molecule has 1 heterocycles. The molecular formula is C15H21NO4. The Labute approximate surface area is 118 Å². The molecule has 3 N–H and O–H groups in total. The van der Waals surface area contributed by atoms with Crippen LogP contribution in [0.15, 0.2) is 24.3 Å². The second-order valence-corrected chi connectivity index (χ2v) is 5.37. The number of hydrogen-bond acceptors (Lipinski definition) is 4. The van der Waals surface area contributed by atoms with Gasteiger partial charge < -0.3 is 15.3 Å². The molecule has 5 nitrogen and oxygen atoms in total. The fraction of sp³-hybridized carbons (Fsp3) is 0.533. The summed E-state index contributed by atoms with van der Waals surface area (Å²) in [6.45, 7) is 2.41. The number of benzene rings is 1. The first-order chi connectivity index (χ1) is 9.60. The zero-order valence-electron chi connectivity index (χ0n) is 11.4. The van der Waals surface area contributed by atoms with Crippen molar-refractivity contribution in [3.8, 4) is 0 Å². The molecule has 2 rings (SSSR count). The molecule has 0 spiro atoms. The zero-order valence-corrected chi connectivity index (χ0v) is 11.4. The summed E-state index contributed by atoms with van der Waals surface area (Å²) in [7, 11) is 0. The van der Waals surface area contributed by atoms with E-state index in [1.165, 1.54) is 0 Å². The third kappa shape index (κ3) is 3.79. The van der Waals surface area contributed by atoms with Gasteiger partial charge in [0.05, 0.1) is 18.3 Å². The van der Waals surface area contributed by atoms with Gasteiger partial charge in [-0.05, 0) is 49.5 Å². The maximum Gasteiger partial charge on any atom is 0.335 e. The SMILES string of the molecule is O=C(O)c1ccc(CN2CCC(C(O)CO)CC2)cc1. The Bertz CT molecular complexity index is 438. The van der Waals surface area contributed by atoms with Crippen LogP contribution in [0, 0.1) is 5.92 Å². The molecule has 1 saturated heterocycles. The van der Waals surface area contributed by atoms with Crippen molar-refractivity contribution >= 4 is 5.97 Å². The number of carbonyl (C=O) groups is 1. The minimum Gasteiger partial charge on any atom is -0.478 e. The maximum absolute atomic E-state index is 10.8. The zero-order chi connectivity index (χ0) is 14.5. The second-order valence-electron chi connectivity index (χ2n) is 5.37. The minimum absolute atomic E-state index is 0.165. The lowest BCUT2D eigenvalue weighted by Gasteiger charge is -2.33. The van der Waals surface area contributed by atoms with E-state index in [-0.39, 0.29) is 12.5 Å². The average molecular weight is 279 g/mol. The van der Waals surface area contributed by atoms with Crippen LogP contribution in [-0.4, -0.2) is 52.0 Å². The number of aliphatic hydroxyl groups is 2. The first-order valence-corrected chi connectivity index (χ1v) is 6.93. The highest BCUT2D eigenvalue weighted by Crippen LogP contribution is 2.22. The van der Waals surface area contributed by atoms with E-state index in [0.29, 0.717) is 5.56 Å². The number of carboxylic acids is 1. The van der Waals surface area contributed by atoms with Crippen molar-refractivity contribution in [2.45, 2.75) is 25.5 Å². The predicted octanol–water partition coefficient (Wildman–Crippen LogP) is 0.950. The van der Waals surface area contributed by atoms with Gasteiger partial charge >= 0.3 is 5.97 Å². The Kier molecular flexibility index (Phi) is 5.11. The molecule has 1 aliphatic rings. The molecule has 0 saturated carbocycles. The van der Waals surface area contributed by atoms with E-state index in [1.54, 1.807) is 12.1 Å². The molecule has 110 valence electrons. The lowest BCUT2D eigenvalue weighted by atomic mass is 9.91. The number of rotatable bonds is 5. The van der Waals surface area contributed by atoms with Gasteiger partial charge in [0.15, 0.2) is 0 Å². The summed E-state index contributed by atoms with van der Waals surface area (Å²) >= 11 is 0. The Morgan fingerprint density at radius 2 is 1.85 bits per heavy atom. The number of aromatic carboxylic acids is 1. The van der Waals surface area contributed by atoms with Crippen molar-refractivity contribution in [3.63, 3.8) is 0 Å². The van der Waals surface area contributed by atoms with Crippen molar-refractivity contribution in [1.29, 1.82) is 0 Å². The van der Waals surface area contributed by atoms with Crippen LogP contribution < -0.4 is 0 Å².